The Morgan fingerprint density at radius 3 is 3.11 bits per heavy atom. The molecular weight excluding hydrogens is 236 g/mol. The highest BCUT2D eigenvalue weighted by atomic mass is 15.2. The lowest BCUT2D eigenvalue weighted by molar-refractivity contribution is 0.270. The number of anilines is 1. The third-order valence-corrected chi connectivity index (χ3v) is 3.97. The molecule has 0 spiro atoms. The predicted octanol–water partition coefficient (Wildman–Crippen LogP) is 1.72. The molecule has 1 N–H and O–H groups in total. The third kappa shape index (κ3) is 3.67. The van der Waals surface area contributed by atoms with Crippen molar-refractivity contribution >= 4 is 5.82 Å². The molecule has 2 heterocycles. The average molecular weight is 262 g/mol. The van der Waals surface area contributed by atoms with Crippen LogP contribution in [0.2, 0.25) is 0 Å². The number of aromatic nitrogens is 1. The van der Waals surface area contributed by atoms with Crippen molar-refractivity contribution in [3.05, 3.63) is 23.9 Å². The Labute approximate surface area is 116 Å². The van der Waals surface area contributed by atoms with Gasteiger partial charge in [-0.25, -0.2) is 4.98 Å². The fraction of sp³-hybridized carbons (Fsp3) is 0.667. The van der Waals surface area contributed by atoms with Gasteiger partial charge in [0.15, 0.2) is 0 Å². The molecule has 0 aromatic carbocycles. The van der Waals surface area contributed by atoms with Gasteiger partial charge in [-0.05, 0) is 50.7 Å². The molecule has 1 aliphatic heterocycles. The van der Waals surface area contributed by atoms with Crippen LogP contribution in [0, 0.1) is 0 Å². The van der Waals surface area contributed by atoms with Gasteiger partial charge in [0.1, 0.15) is 5.82 Å². The minimum atomic E-state index is 0.685. The Bertz CT molecular complexity index is 393. The van der Waals surface area contributed by atoms with Crippen LogP contribution in [0.4, 0.5) is 5.82 Å². The van der Waals surface area contributed by atoms with Crippen molar-refractivity contribution in [2.75, 3.05) is 38.6 Å². The highest BCUT2D eigenvalue weighted by Gasteiger charge is 2.24. The predicted molar refractivity (Wildman–Crippen MR) is 80.5 cm³/mol. The molecule has 1 unspecified atom stereocenters. The van der Waals surface area contributed by atoms with Gasteiger partial charge in [-0.1, -0.05) is 6.92 Å². The van der Waals surface area contributed by atoms with Crippen molar-refractivity contribution in [2.45, 2.75) is 32.4 Å². The van der Waals surface area contributed by atoms with Crippen molar-refractivity contribution in [3.8, 4) is 0 Å². The normalized spacial score (nSPS) is 19.8. The Kier molecular flexibility index (Phi) is 5.16. The quantitative estimate of drug-likeness (QED) is 0.846. The second-order valence-corrected chi connectivity index (χ2v) is 5.36. The summed E-state index contributed by atoms with van der Waals surface area (Å²) in [5.41, 5.74) is 1.29. The van der Waals surface area contributed by atoms with Crippen molar-refractivity contribution in [2.24, 2.45) is 0 Å². The zero-order chi connectivity index (χ0) is 13.7. The summed E-state index contributed by atoms with van der Waals surface area (Å²) < 4.78 is 0. The Balaban J connectivity index is 1.98. The first-order valence-corrected chi connectivity index (χ1v) is 7.29. The van der Waals surface area contributed by atoms with Gasteiger partial charge in [0, 0.05) is 32.4 Å². The molecule has 0 radical (unpaired) electrons. The van der Waals surface area contributed by atoms with Crippen LogP contribution in [-0.4, -0.2) is 49.7 Å². The van der Waals surface area contributed by atoms with Gasteiger partial charge in [-0.2, -0.15) is 0 Å². The standard InChI is InChI=1S/C15H26N4/c1-4-19-9-5-6-14(19)12-18(3)15-10-13(11-16-2)7-8-17-15/h7-8,10,14,16H,4-6,9,11-12H2,1-3H3. The molecule has 4 heteroatoms. The fourth-order valence-corrected chi connectivity index (χ4v) is 2.91. The van der Waals surface area contributed by atoms with Gasteiger partial charge in [0.05, 0.1) is 0 Å². The highest BCUT2D eigenvalue weighted by Crippen LogP contribution is 2.19. The molecule has 1 aliphatic rings. The van der Waals surface area contributed by atoms with Gasteiger partial charge in [0.25, 0.3) is 0 Å². The number of likely N-dealkylation sites (tertiary alicyclic amines) is 1. The van der Waals surface area contributed by atoms with E-state index >= 15 is 0 Å². The Morgan fingerprint density at radius 2 is 2.37 bits per heavy atom. The van der Waals surface area contributed by atoms with Crippen molar-refractivity contribution in [3.63, 3.8) is 0 Å². The van der Waals surface area contributed by atoms with E-state index in [4.69, 9.17) is 0 Å². The molecule has 1 aromatic heterocycles. The number of pyridine rings is 1. The number of hydrogen-bond donors (Lipinski definition) is 1. The van der Waals surface area contributed by atoms with Gasteiger partial charge >= 0.3 is 0 Å². The molecule has 2 rings (SSSR count). The van der Waals surface area contributed by atoms with E-state index < -0.39 is 0 Å². The summed E-state index contributed by atoms with van der Waals surface area (Å²) in [4.78, 5) is 9.36. The molecule has 1 fully saturated rings. The topological polar surface area (TPSA) is 31.4 Å². The number of rotatable bonds is 6. The summed E-state index contributed by atoms with van der Waals surface area (Å²) in [6, 6.07) is 4.94. The molecule has 1 saturated heterocycles. The largest absolute Gasteiger partial charge is 0.358 e. The van der Waals surface area contributed by atoms with E-state index in [1.54, 1.807) is 0 Å². The third-order valence-electron chi connectivity index (χ3n) is 3.97. The molecule has 1 aromatic rings. The Morgan fingerprint density at radius 1 is 1.53 bits per heavy atom. The van der Waals surface area contributed by atoms with Crippen LogP contribution >= 0.6 is 0 Å². The molecule has 0 bridgehead atoms. The molecule has 1 atom stereocenters. The number of likely N-dealkylation sites (N-methyl/N-ethyl adjacent to an activating group) is 2. The first-order chi connectivity index (χ1) is 9.24. The van der Waals surface area contributed by atoms with E-state index in [-0.39, 0.29) is 0 Å². The van der Waals surface area contributed by atoms with Crippen LogP contribution in [0.5, 0.6) is 0 Å². The lowest BCUT2D eigenvalue weighted by Gasteiger charge is -2.28. The van der Waals surface area contributed by atoms with E-state index in [1.807, 2.05) is 13.2 Å². The summed E-state index contributed by atoms with van der Waals surface area (Å²) >= 11 is 0. The zero-order valence-electron chi connectivity index (χ0n) is 12.4. The number of nitrogens with zero attached hydrogens (tertiary/aromatic N) is 3. The van der Waals surface area contributed by atoms with E-state index in [0.29, 0.717) is 6.04 Å². The SMILES string of the molecule is CCN1CCCC1CN(C)c1cc(CNC)ccn1. The van der Waals surface area contributed by atoms with Crippen LogP contribution < -0.4 is 10.2 Å². The van der Waals surface area contributed by atoms with Gasteiger partial charge < -0.3 is 10.2 Å². The molecule has 0 aliphatic carbocycles. The molecule has 0 saturated carbocycles. The van der Waals surface area contributed by atoms with Crippen LogP contribution in [-0.2, 0) is 6.54 Å². The molecule has 106 valence electrons. The monoisotopic (exact) mass is 262 g/mol. The molecular formula is C15H26N4. The first kappa shape index (κ1) is 14.3. The molecule has 19 heavy (non-hydrogen) atoms. The van der Waals surface area contributed by atoms with Crippen LogP contribution in [0.1, 0.15) is 25.3 Å². The van der Waals surface area contributed by atoms with E-state index in [9.17, 15) is 0 Å². The maximum Gasteiger partial charge on any atom is 0.128 e. The summed E-state index contributed by atoms with van der Waals surface area (Å²) in [6.45, 7) is 6.63. The maximum absolute atomic E-state index is 4.49. The average Bonchev–Trinajstić information content (AvgIpc) is 2.86. The van der Waals surface area contributed by atoms with E-state index in [1.165, 1.54) is 24.9 Å². The first-order valence-electron chi connectivity index (χ1n) is 7.29. The van der Waals surface area contributed by atoms with Gasteiger partial charge in [-0.3, -0.25) is 4.90 Å². The minimum absolute atomic E-state index is 0.685. The zero-order valence-corrected chi connectivity index (χ0v) is 12.4. The lowest BCUT2D eigenvalue weighted by atomic mass is 10.2. The summed E-state index contributed by atoms with van der Waals surface area (Å²) in [7, 11) is 4.12. The number of nitrogens with one attached hydrogen (secondary N) is 1. The second kappa shape index (κ2) is 6.87. The van der Waals surface area contributed by atoms with Crippen LogP contribution in [0.3, 0.4) is 0 Å². The summed E-state index contributed by atoms with van der Waals surface area (Å²) in [5, 5.41) is 3.18. The molecule has 4 nitrogen and oxygen atoms in total. The van der Waals surface area contributed by atoms with Crippen molar-refractivity contribution in [1.29, 1.82) is 0 Å². The van der Waals surface area contributed by atoms with Crippen molar-refractivity contribution < 1.29 is 0 Å². The van der Waals surface area contributed by atoms with Crippen LogP contribution in [0.25, 0.3) is 0 Å². The Hall–Kier alpha value is -1.13. The second-order valence-electron chi connectivity index (χ2n) is 5.36. The number of hydrogen-bond acceptors (Lipinski definition) is 4. The maximum atomic E-state index is 4.49. The smallest absolute Gasteiger partial charge is 0.128 e. The molecule has 0 amide bonds. The van der Waals surface area contributed by atoms with Gasteiger partial charge in [-0.15, -0.1) is 0 Å². The summed E-state index contributed by atoms with van der Waals surface area (Å²) in [5.74, 6) is 1.08. The lowest BCUT2D eigenvalue weighted by Crippen LogP contribution is -2.39. The van der Waals surface area contributed by atoms with Crippen LogP contribution in [0.15, 0.2) is 18.3 Å². The van der Waals surface area contributed by atoms with Crippen molar-refractivity contribution in [1.82, 2.24) is 15.2 Å². The van der Waals surface area contributed by atoms with E-state index in [0.717, 1.165) is 25.5 Å². The summed E-state index contributed by atoms with van der Waals surface area (Å²) in [6.07, 6.45) is 4.55. The van der Waals surface area contributed by atoms with Gasteiger partial charge in [0.2, 0.25) is 0 Å². The fourth-order valence-electron chi connectivity index (χ4n) is 2.91. The minimum Gasteiger partial charge on any atom is -0.358 e. The van der Waals surface area contributed by atoms with E-state index in [2.05, 4.69) is 46.2 Å². The highest BCUT2D eigenvalue weighted by molar-refractivity contribution is 5.40.